The van der Waals surface area contributed by atoms with Gasteiger partial charge in [-0.05, 0) is 104 Å². The highest BCUT2D eigenvalue weighted by atomic mass is 16.6. The average Bonchev–Trinajstić information content (AvgIpc) is 3.19. The first-order valence-corrected chi connectivity index (χ1v) is 15.1. The van der Waals surface area contributed by atoms with Gasteiger partial charge in [-0.3, -0.25) is 19.8 Å². The number of benzene rings is 1. The van der Waals surface area contributed by atoms with Crippen molar-refractivity contribution in [2.45, 2.75) is 84.3 Å². The van der Waals surface area contributed by atoms with Crippen LogP contribution < -0.4 is 0 Å². The molecule has 1 aromatic carbocycles. The molecule has 1 aliphatic heterocycles. The molecule has 0 radical (unpaired) electrons. The average molecular weight is 537 g/mol. The molecule has 8 atom stereocenters. The van der Waals surface area contributed by atoms with Crippen LogP contribution in [0.3, 0.4) is 0 Å². The Hall–Kier alpha value is -2.25. The Kier molecular flexibility index (Phi) is 7.11. The number of nitro groups is 1. The highest BCUT2D eigenvalue weighted by Crippen LogP contribution is 2.67. The summed E-state index contributed by atoms with van der Waals surface area (Å²) < 4.78 is 11.7. The lowest BCUT2D eigenvalue weighted by Gasteiger charge is -2.61. The predicted octanol–water partition coefficient (Wildman–Crippen LogP) is 6.26. The fraction of sp³-hybridized carbons (Fsp3) is 0.719. The first-order valence-electron chi connectivity index (χ1n) is 15.1. The monoisotopic (exact) mass is 536 g/mol. The minimum atomic E-state index is -0.366. The maximum absolute atomic E-state index is 12.3. The minimum absolute atomic E-state index is 0.0619. The molecule has 0 spiro atoms. The van der Waals surface area contributed by atoms with Crippen LogP contribution in [0.1, 0.15) is 77.7 Å². The normalized spacial score (nSPS) is 41.4. The minimum Gasteiger partial charge on any atom is -0.457 e. The van der Waals surface area contributed by atoms with Gasteiger partial charge < -0.3 is 9.47 Å². The summed E-state index contributed by atoms with van der Waals surface area (Å²) in [5, 5.41) is 11.1. The Labute approximate surface area is 232 Å². The van der Waals surface area contributed by atoms with Crippen molar-refractivity contribution in [2.75, 3.05) is 26.3 Å². The number of fused-ring (bicyclic) bond motifs is 5. The van der Waals surface area contributed by atoms with Crippen LogP contribution >= 0.6 is 0 Å². The SMILES string of the molecule is CC(=O)O[C@H]1/C(=C/c2ccc([N+](=O)[O-])cc2)C[C@H]2[C@@H]3CC[C@H]4C[C@@H](N5CCOCC5)CC[C@]4(C)[C@H]3CC[C@]12C. The van der Waals surface area contributed by atoms with Crippen molar-refractivity contribution in [1.82, 2.24) is 4.90 Å². The molecular weight excluding hydrogens is 492 g/mol. The molecule has 7 heteroatoms. The van der Waals surface area contributed by atoms with Crippen molar-refractivity contribution in [3.05, 3.63) is 45.5 Å². The van der Waals surface area contributed by atoms with Gasteiger partial charge >= 0.3 is 5.97 Å². The predicted molar refractivity (Wildman–Crippen MR) is 150 cm³/mol. The molecule has 5 fully saturated rings. The van der Waals surface area contributed by atoms with Gasteiger partial charge in [0.1, 0.15) is 6.10 Å². The van der Waals surface area contributed by atoms with Crippen LogP contribution in [0, 0.1) is 44.6 Å². The summed E-state index contributed by atoms with van der Waals surface area (Å²) in [6.07, 6.45) is 11.7. The van der Waals surface area contributed by atoms with E-state index in [1.165, 1.54) is 51.0 Å². The largest absolute Gasteiger partial charge is 0.457 e. The number of morpholine rings is 1. The third-order valence-corrected chi connectivity index (χ3v) is 11.8. The molecule has 0 N–H and O–H groups in total. The smallest absolute Gasteiger partial charge is 0.303 e. The second-order valence-corrected chi connectivity index (χ2v) is 13.5. The van der Waals surface area contributed by atoms with Gasteiger partial charge in [0.05, 0.1) is 18.1 Å². The number of hydrogen-bond donors (Lipinski definition) is 0. The van der Waals surface area contributed by atoms with Crippen molar-refractivity contribution < 1.29 is 19.2 Å². The lowest BCUT2D eigenvalue weighted by Crippen LogP contribution is -2.56. The van der Waals surface area contributed by atoms with E-state index in [1.807, 2.05) is 12.1 Å². The fourth-order valence-corrected chi connectivity index (χ4v) is 9.77. The molecule has 0 amide bonds. The van der Waals surface area contributed by atoms with E-state index in [4.69, 9.17) is 9.47 Å². The van der Waals surface area contributed by atoms with Gasteiger partial charge in [0.2, 0.25) is 0 Å². The van der Waals surface area contributed by atoms with E-state index in [0.717, 1.165) is 56.5 Å². The molecular formula is C32H44N2O5. The number of carbonyl (C=O) groups excluding carboxylic acids is 1. The van der Waals surface area contributed by atoms with Gasteiger partial charge in [0.15, 0.2) is 0 Å². The summed E-state index contributed by atoms with van der Waals surface area (Å²) in [4.78, 5) is 25.7. The summed E-state index contributed by atoms with van der Waals surface area (Å²) in [6.45, 7) is 10.4. The Morgan fingerprint density at radius 2 is 1.77 bits per heavy atom. The molecule has 0 aromatic heterocycles. The molecule has 7 nitrogen and oxygen atoms in total. The van der Waals surface area contributed by atoms with Gasteiger partial charge in [-0.25, -0.2) is 0 Å². The standard InChI is InChI=1S/C32H44N2O5/c1-21(35)39-30-23(18-22-4-7-25(8-5-22)34(36)37)19-29-27-9-6-24-20-26(33-14-16-38-17-15-33)10-12-31(24,2)28(27)11-13-32(29,30)3/h4-5,7-8,18,24,26-30H,6,9-17,19-20H2,1-3H3/b23-18+/t24-,26-,27+,28-,29-,30-,31-,32-/m0/s1. The Morgan fingerprint density at radius 1 is 1.05 bits per heavy atom. The molecule has 6 rings (SSSR count). The summed E-state index contributed by atoms with van der Waals surface area (Å²) >= 11 is 0. The van der Waals surface area contributed by atoms with Crippen LogP contribution in [-0.2, 0) is 14.3 Å². The third kappa shape index (κ3) is 4.73. The van der Waals surface area contributed by atoms with Crippen molar-refractivity contribution >= 4 is 17.7 Å². The van der Waals surface area contributed by atoms with Crippen LogP contribution in [0.2, 0.25) is 0 Å². The molecule has 212 valence electrons. The molecule has 1 aromatic rings. The van der Waals surface area contributed by atoms with Crippen molar-refractivity contribution in [3.8, 4) is 0 Å². The van der Waals surface area contributed by atoms with E-state index in [9.17, 15) is 14.9 Å². The number of carbonyl (C=O) groups is 1. The molecule has 4 saturated carbocycles. The van der Waals surface area contributed by atoms with Crippen molar-refractivity contribution in [1.29, 1.82) is 0 Å². The van der Waals surface area contributed by atoms with Gasteiger partial charge in [0, 0.05) is 43.6 Å². The van der Waals surface area contributed by atoms with Gasteiger partial charge in [-0.1, -0.05) is 19.9 Å². The van der Waals surface area contributed by atoms with Crippen molar-refractivity contribution in [2.24, 2.45) is 34.5 Å². The van der Waals surface area contributed by atoms with E-state index < -0.39 is 0 Å². The molecule has 0 bridgehead atoms. The number of non-ortho nitro benzene ring substituents is 1. The third-order valence-electron chi connectivity index (χ3n) is 11.8. The Balaban J connectivity index is 1.24. The zero-order chi connectivity index (χ0) is 27.4. The highest BCUT2D eigenvalue weighted by Gasteiger charge is 2.62. The number of esters is 1. The first kappa shape index (κ1) is 26.9. The van der Waals surface area contributed by atoms with Crippen LogP contribution in [0.4, 0.5) is 5.69 Å². The Bertz CT molecular complexity index is 1130. The van der Waals surface area contributed by atoms with Gasteiger partial charge in [-0.2, -0.15) is 0 Å². The number of rotatable bonds is 4. The number of nitro benzene ring substituents is 1. The number of ether oxygens (including phenoxy) is 2. The lowest BCUT2D eigenvalue weighted by molar-refractivity contribution is -0.384. The van der Waals surface area contributed by atoms with Crippen LogP contribution in [0.25, 0.3) is 6.08 Å². The first-order chi connectivity index (χ1) is 18.7. The van der Waals surface area contributed by atoms with Crippen LogP contribution in [0.15, 0.2) is 29.8 Å². The zero-order valence-corrected chi connectivity index (χ0v) is 23.8. The van der Waals surface area contributed by atoms with Crippen LogP contribution in [0.5, 0.6) is 0 Å². The molecule has 39 heavy (non-hydrogen) atoms. The molecule has 0 unspecified atom stereocenters. The zero-order valence-electron chi connectivity index (χ0n) is 23.8. The van der Waals surface area contributed by atoms with E-state index in [2.05, 4.69) is 24.8 Å². The van der Waals surface area contributed by atoms with E-state index in [-0.39, 0.29) is 28.1 Å². The molecule has 4 aliphatic carbocycles. The highest BCUT2D eigenvalue weighted by molar-refractivity contribution is 5.67. The summed E-state index contributed by atoms with van der Waals surface area (Å²) in [6, 6.07) is 7.45. The van der Waals surface area contributed by atoms with E-state index in [1.54, 1.807) is 12.1 Å². The molecule has 1 saturated heterocycles. The number of hydrogen-bond acceptors (Lipinski definition) is 6. The van der Waals surface area contributed by atoms with E-state index >= 15 is 0 Å². The number of nitrogens with zero attached hydrogens (tertiary/aromatic N) is 2. The van der Waals surface area contributed by atoms with Gasteiger partial charge in [-0.15, -0.1) is 0 Å². The fourth-order valence-electron chi connectivity index (χ4n) is 9.77. The van der Waals surface area contributed by atoms with Gasteiger partial charge in [0.25, 0.3) is 5.69 Å². The maximum Gasteiger partial charge on any atom is 0.303 e. The summed E-state index contributed by atoms with van der Waals surface area (Å²) in [5.41, 5.74) is 2.54. The summed E-state index contributed by atoms with van der Waals surface area (Å²) in [7, 11) is 0. The van der Waals surface area contributed by atoms with Crippen LogP contribution in [-0.4, -0.2) is 54.2 Å². The lowest BCUT2D eigenvalue weighted by atomic mass is 9.45. The topological polar surface area (TPSA) is 81.9 Å². The summed E-state index contributed by atoms with van der Waals surface area (Å²) in [5.74, 6) is 2.46. The molecule has 1 heterocycles. The quantitative estimate of drug-likeness (QED) is 0.257. The molecule has 5 aliphatic rings. The second-order valence-electron chi connectivity index (χ2n) is 13.5. The second kappa shape index (κ2) is 10.3. The van der Waals surface area contributed by atoms with E-state index in [0.29, 0.717) is 23.3 Å². The Morgan fingerprint density at radius 3 is 2.46 bits per heavy atom. The maximum atomic E-state index is 12.3. The van der Waals surface area contributed by atoms with Crippen molar-refractivity contribution in [3.63, 3.8) is 0 Å².